The standard InChI is InChI=1S/C27H25ClN2O4/c1-15(2)18-14-17(11-12-22(18)34-4)25(31)23-24(20-9-5-6-13-29-20)30(27(33)26(23)32)21-10-7-8-19(28)16(21)3/h5-15,24,31H,1-4H3/b25-23+. The van der Waals surface area contributed by atoms with Gasteiger partial charge in [-0.25, -0.2) is 0 Å². The van der Waals surface area contributed by atoms with Crippen molar-refractivity contribution in [2.45, 2.75) is 32.7 Å². The van der Waals surface area contributed by atoms with E-state index in [0.29, 0.717) is 33.3 Å². The molecule has 0 radical (unpaired) electrons. The molecule has 6 nitrogen and oxygen atoms in total. The van der Waals surface area contributed by atoms with E-state index in [2.05, 4.69) is 4.98 Å². The number of amides is 1. The number of carbonyl (C=O) groups excluding carboxylic acids is 2. The third-order valence-electron chi connectivity index (χ3n) is 6.04. The van der Waals surface area contributed by atoms with Crippen molar-refractivity contribution in [1.29, 1.82) is 0 Å². The maximum Gasteiger partial charge on any atom is 0.300 e. The number of aromatic nitrogens is 1. The number of Topliss-reactive ketones (excluding diaryl/α,β-unsaturated/α-hetero) is 1. The lowest BCUT2D eigenvalue weighted by Crippen LogP contribution is -2.30. The van der Waals surface area contributed by atoms with E-state index < -0.39 is 17.7 Å². The number of halogens is 1. The van der Waals surface area contributed by atoms with E-state index in [9.17, 15) is 14.7 Å². The normalized spacial score (nSPS) is 17.5. The summed E-state index contributed by atoms with van der Waals surface area (Å²) in [5.41, 5.74) is 2.87. The summed E-state index contributed by atoms with van der Waals surface area (Å²) in [6.45, 7) is 5.80. The fourth-order valence-corrected chi connectivity index (χ4v) is 4.41. The van der Waals surface area contributed by atoms with E-state index >= 15 is 0 Å². The van der Waals surface area contributed by atoms with Gasteiger partial charge >= 0.3 is 0 Å². The summed E-state index contributed by atoms with van der Waals surface area (Å²) in [7, 11) is 1.58. The van der Waals surface area contributed by atoms with Crippen LogP contribution in [0.5, 0.6) is 5.75 Å². The Morgan fingerprint density at radius 3 is 2.53 bits per heavy atom. The Balaban J connectivity index is 1.97. The minimum Gasteiger partial charge on any atom is -0.507 e. The molecular formula is C27H25ClN2O4. The van der Waals surface area contributed by atoms with Crippen molar-refractivity contribution in [2.24, 2.45) is 0 Å². The van der Waals surface area contributed by atoms with Gasteiger partial charge < -0.3 is 9.84 Å². The Morgan fingerprint density at radius 2 is 1.88 bits per heavy atom. The number of aliphatic hydroxyl groups is 1. The number of ether oxygens (including phenoxy) is 1. The third-order valence-corrected chi connectivity index (χ3v) is 6.45. The molecule has 0 aliphatic carbocycles. The smallest absolute Gasteiger partial charge is 0.300 e. The summed E-state index contributed by atoms with van der Waals surface area (Å²) in [6, 6.07) is 14.7. The molecule has 1 aliphatic heterocycles. The third kappa shape index (κ3) is 3.94. The zero-order valence-electron chi connectivity index (χ0n) is 19.4. The van der Waals surface area contributed by atoms with Crippen LogP contribution >= 0.6 is 11.6 Å². The molecule has 1 aliphatic rings. The van der Waals surface area contributed by atoms with Crippen LogP contribution in [0.25, 0.3) is 5.76 Å². The minimum atomic E-state index is -0.914. The molecule has 1 unspecified atom stereocenters. The molecule has 0 saturated carbocycles. The molecule has 0 spiro atoms. The average molecular weight is 477 g/mol. The van der Waals surface area contributed by atoms with Gasteiger partial charge in [-0.05, 0) is 66.4 Å². The highest BCUT2D eigenvalue weighted by Gasteiger charge is 2.48. The van der Waals surface area contributed by atoms with E-state index in [1.54, 1.807) is 74.8 Å². The van der Waals surface area contributed by atoms with Crippen LogP contribution < -0.4 is 9.64 Å². The van der Waals surface area contributed by atoms with Gasteiger partial charge in [0, 0.05) is 22.5 Å². The summed E-state index contributed by atoms with van der Waals surface area (Å²) >= 11 is 6.33. The molecule has 0 bridgehead atoms. The van der Waals surface area contributed by atoms with Crippen LogP contribution in [0.15, 0.2) is 66.4 Å². The molecule has 3 aromatic rings. The van der Waals surface area contributed by atoms with Crippen LogP contribution in [-0.2, 0) is 9.59 Å². The number of aliphatic hydroxyl groups excluding tert-OH is 1. The number of benzene rings is 2. The zero-order chi connectivity index (χ0) is 24.6. The fourth-order valence-electron chi connectivity index (χ4n) is 4.24. The lowest BCUT2D eigenvalue weighted by atomic mass is 9.94. The number of anilines is 1. The van der Waals surface area contributed by atoms with Crippen LogP contribution in [0.1, 0.15) is 48.2 Å². The summed E-state index contributed by atoms with van der Waals surface area (Å²) in [6.07, 6.45) is 1.59. The van der Waals surface area contributed by atoms with Crippen molar-refractivity contribution in [2.75, 3.05) is 12.0 Å². The number of nitrogens with zero attached hydrogens (tertiary/aromatic N) is 2. The first-order valence-corrected chi connectivity index (χ1v) is 11.3. The summed E-state index contributed by atoms with van der Waals surface area (Å²) in [5.74, 6) is -0.996. The summed E-state index contributed by atoms with van der Waals surface area (Å²) < 4.78 is 5.45. The minimum absolute atomic E-state index is 0.0250. The van der Waals surface area contributed by atoms with Crippen molar-refractivity contribution >= 4 is 34.7 Å². The van der Waals surface area contributed by atoms with Crippen molar-refractivity contribution < 1.29 is 19.4 Å². The summed E-state index contributed by atoms with van der Waals surface area (Å²) in [5, 5.41) is 11.9. The van der Waals surface area contributed by atoms with E-state index in [-0.39, 0.29) is 17.3 Å². The highest BCUT2D eigenvalue weighted by molar-refractivity contribution is 6.52. The summed E-state index contributed by atoms with van der Waals surface area (Å²) in [4.78, 5) is 32.4. The molecule has 2 heterocycles. The van der Waals surface area contributed by atoms with Gasteiger partial charge in [0.2, 0.25) is 0 Å². The molecule has 34 heavy (non-hydrogen) atoms. The number of ketones is 1. The van der Waals surface area contributed by atoms with E-state index in [4.69, 9.17) is 16.3 Å². The quantitative estimate of drug-likeness (QED) is 0.286. The number of carbonyl (C=O) groups is 2. The van der Waals surface area contributed by atoms with Gasteiger partial charge in [0.25, 0.3) is 11.7 Å². The molecule has 174 valence electrons. The maximum absolute atomic E-state index is 13.3. The maximum atomic E-state index is 13.3. The van der Waals surface area contributed by atoms with Gasteiger partial charge in [-0.15, -0.1) is 0 Å². The van der Waals surface area contributed by atoms with Crippen molar-refractivity contribution in [3.05, 3.63) is 93.8 Å². The van der Waals surface area contributed by atoms with Crippen LogP contribution in [0, 0.1) is 6.92 Å². The largest absolute Gasteiger partial charge is 0.507 e. The SMILES string of the molecule is COc1ccc(/C(O)=C2\C(=O)C(=O)N(c3cccc(Cl)c3C)C2c2ccccn2)cc1C(C)C. The molecule has 1 fully saturated rings. The van der Waals surface area contributed by atoms with Gasteiger partial charge in [-0.2, -0.15) is 0 Å². The first-order chi connectivity index (χ1) is 16.3. The number of rotatable bonds is 5. The monoisotopic (exact) mass is 476 g/mol. The Kier molecular flexibility index (Phi) is 6.44. The Labute approximate surface area is 203 Å². The van der Waals surface area contributed by atoms with Gasteiger partial charge in [-0.3, -0.25) is 19.5 Å². The molecule has 2 aromatic carbocycles. The van der Waals surface area contributed by atoms with Crippen LogP contribution in [0.2, 0.25) is 5.02 Å². The van der Waals surface area contributed by atoms with E-state index in [1.807, 2.05) is 13.8 Å². The highest BCUT2D eigenvalue weighted by atomic mass is 35.5. The highest BCUT2D eigenvalue weighted by Crippen LogP contribution is 2.43. The van der Waals surface area contributed by atoms with Crippen LogP contribution in [-0.4, -0.2) is 28.9 Å². The molecule has 7 heteroatoms. The van der Waals surface area contributed by atoms with Gasteiger partial charge in [0.15, 0.2) is 0 Å². The topological polar surface area (TPSA) is 79.7 Å². The van der Waals surface area contributed by atoms with Crippen molar-refractivity contribution in [3.8, 4) is 5.75 Å². The number of hydrogen-bond donors (Lipinski definition) is 1. The van der Waals surface area contributed by atoms with Gasteiger partial charge in [0.05, 0.1) is 18.4 Å². The second-order valence-corrected chi connectivity index (χ2v) is 8.83. The first kappa shape index (κ1) is 23.5. The predicted octanol–water partition coefficient (Wildman–Crippen LogP) is 5.80. The van der Waals surface area contributed by atoms with Crippen LogP contribution in [0.3, 0.4) is 0 Å². The number of pyridine rings is 1. The fraction of sp³-hybridized carbons (Fsp3) is 0.222. The Bertz CT molecular complexity index is 1300. The Hall–Kier alpha value is -3.64. The predicted molar refractivity (Wildman–Crippen MR) is 132 cm³/mol. The Morgan fingerprint density at radius 1 is 1.12 bits per heavy atom. The van der Waals surface area contributed by atoms with Gasteiger partial charge in [0.1, 0.15) is 17.6 Å². The van der Waals surface area contributed by atoms with E-state index in [1.165, 1.54) is 4.90 Å². The molecule has 4 rings (SSSR count). The molecule has 1 saturated heterocycles. The molecule has 1 N–H and O–H groups in total. The lowest BCUT2D eigenvalue weighted by Gasteiger charge is -2.26. The molecular weight excluding hydrogens is 452 g/mol. The number of hydrogen-bond acceptors (Lipinski definition) is 5. The van der Waals surface area contributed by atoms with Crippen molar-refractivity contribution in [1.82, 2.24) is 4.98 Å². The first-order valence-electron chi connectivity index (χ1n) is 10.9. The average Bonchev–Trinajstić information content (AvgIpc) is 3.10. The van der Waals surface area contributed by atoms with Crippen LogP contribution in [0.4, 0.5) is 5.69 Å². The molecule has 1 atom stereocenters. The lowest BCUT2D eigenvalue weighted by molar-refractivity contribution is -0.132. The van der Waals surface area contributed by atoms with Crippen molar-refractivity contribution in [3.63, 3.8) is 0 Å². The molecule has 1 amide bonds. The number of methoxy groups -OCH3 is 1. The zero-order valence-corrected chi connectivity index (χ0v) is 20.1. The van der Waals surface area contributed by atoms with E-state index in [0.717, 1.165) is 5.56 Å². The molecule has 1 aromatic heterocycles. The second kappa shape index (κ2) is 9.31. The second-order valence-electron chi connectivity index (χ2n) is 8.42. The van der Waals surface area contributed by atoms with Gasteiger partial charge in [-0.1, -0.05) is 37.6 Å².